The second kappa shape index (κ2) is 8.77. The zero-order valence-electron chi connectivity index (χ0n) is 18.1. The number of rotatable bonds is 5. The Morgan fingerprint density at radius 1 is 1.13 bits per heavy atom. The fourth-order valence-electron chi connectivity index (χ4n) is 4.26. The SMILES string of the molecule is CC1(C)CC(=O)c2cc(C(=O)Nc3ccc(CCN4CCOCC4)cc3)c(=O)[nH]c2C1. The number of nitrogens with one attached hydrogen (secondary N) is 2. The number of ketones is 1. The average molecular weight is 424 g/mol. The molecule has 0 spiro atoms. The van der Waals surface area contributed by atoms with E-state index in [1.165, 1.54) is 11.6 Å². The van der Waals surface area contributed by atoms with Crippen molar-refractivity contribution < 1.29 is 14.3 Å². The van der Waals surface area contributed by atoms with Gasteiger partial charge in [-0.25, -0.2) is 0 Å². The van der Waals surface area contributed by atoms with E-state index < -0.39 is 11.5 Å². The normalized spacial score (nSPS) is 18.5. The molecule has 0 bridgehead atoms. The highest BCUT2D eigenvalue weighted by Gasteiger charge is 2.32. The van der Waals surface area contributed by atoms with Gasteiger partial charge in [0.1, 0.15) is 5.56 Å². The number of amides is 1. The molecule has 1 fully saturated rings. The number of ether oxygens (including phenoxy) is 1. The molecule has 1 saturated heterocycles. The molecule has 1 aliphatic heterocycles. The largest absolute Gasteiger partial charge is 0.379 e. The number of hydrogen-bond acceptors (Lipinski definition) is 5. The summed E-state index contributed by atoms with van der Waals surface area (Å²) in [6, 6.07) is 9.09. The molecule has 0 saturated carbocycles. The van der Waals surface area contributed by atoms with Gasteiger partial charge in [-0.2, -0.15) is 0 Å². The highest BCUT2D eigenvalue weighted by atomic mass is 16.5. The second-order valence-corrected chi connectivity index (χ2v) is 9.20. The van der Waals surface area contributed by atoms with Crippen molar-refractivity contribution in [2.45, 2.75) is 33.1 Å². The van der Waals surface area contributed by atoms with E-state index >= 15 is 0 Å². The van der Waals surface area contributed by atoms with Crippen molar-refractivity contribution in [3.8, 4) is 0 Å². The Hall–Kier alpha value is -2.77. The van der Waals surface area contributed by atoms with E-state index in [2.05, 4.69) is 15.2 Å². The molecule has 2 N–H and O–H groups in total. The Balaban J connectivity index is 1.42. The van der Waals surface area contributed by atoms with Gasteiger partial charge >= 0.3 is 0 Å². The number of Topliss-reactive ketones (excluding diaryl/α,β-unsaturated/α-hetero) is 1. The Morgan fingerprint density at radius 3 is 2.55 bits per heavy atom. The van der Waals surface area contributed by atoms with Crippen LogP contribution in [0.15, 0.2) is 35.1 Å². The van der Waals surface area contributed by atoms with Crippen LogP contribution in [0.2, 0.25) is 0 Å². The first-order chi connectivity index (χ1) is 14.8. The lowest BCUT2D eigenvalue weighted by Crippen LogP contribution is -2.37. The molecule has 7 heteroatoms. The number of aromatic amines is 1. The highest BCUT2D eigenvalue weighted by Crippen LogP contribution is 2.33. The summed E-state index contributed by atoms with van der Waals surface area (Å²) < 4.78 is 5.37. The number of anilines is 1. The Labute approximate surface area is 181 Å². The molecule has 2 aromatic rings. The molecule has 0 unspecified atom stereocenters. The van der Waals surface area contributed by atoms with Gasteiger partial charge in [-0.1, -0.05) is 26.0 Å². The molecule has 1 aromatic carbocycles. The summed E-state index contributed by atoms with van der Waals surface area (Å²) in [5, 5.41) is 2.77. The highest BCUT2D eigenvalue weighted by molar-refractivity contribution is 6.06. The fraction of sp³-hybridized carbons (Fsp3) is 0.458. The van der Waals surface area contributed by atoms with Crippen LogP contribution < -0.4 is 10.9 Å². The minimum Gasteiger partial charge on any atom is -0.379 e. The van der Waals surface area contributed by atoms with Gasteiger partial charge in [0, 0.05) is 43.0 Å². The first kappa shape index (κ1) is 21.5. The van der Waals surface area contributed by atoms with Crippen LogP contribution in [0.4, 0.5) is 5.69 Å². The van der Waals surface area contributed by atoms with E-state index in [1.807, 2.05) is 38.1 Å². The molecule has 2 heterocycles. The summed E-state index contributed by atoms with van der Waals surface area (Å²) in [7, 11) is 0. The summed E-state index contributed by atoms with van der Waals surface area (Å²) in [6.07, 6.45) is 1.94. The van der Waals surface area contributed by atoms with Gasteiger partial charge in [-0.15, -0.1) is 0 Å². The van der Waals surface area contributed by atoms with Crippen molar-refractivity contribution in [1.29, 1.82) is 0 Å². The summed E-state index contributed by atoms with van der Waals surface area (Å²) >= 11 is 0. The van der Waals surface area contributed by atoms with Crippen LogP contribution in [0.25, 0.3) is 0 Å². The van der Waals surface area contributed by atoms with Gasteiger partial charge in [0.15, 0.2) is 5.78 Å². The summed E-state index contributed by atoms with van der Waals surface area (Å²) in [6.45, 7) is 8.47. The Bertz CT molecular complexity index is 1030. The lowest BCUT2D eigenvalue weighted by molar-refractivity contribution is 0.0384. The van der Waals surface area contributed by atoms with Crippen LogP contribution in [0, 0.1) is 5.41 Å². The number of aromatic nitrogens is 1. The molecule has 31 heavy (non-hydrogen) atoms. The van der Waals surface area contributed by atoms with Crippen molar-refractivity contribution >= 4 is 17.4 Å². The Morgan fingerprint density at radius 2 is 1.84 bits per heavy atom. The molecule has 2 aliphatic rings. The second-order valence-electron chi connectivity index (χ2n) is 9.20. The molecule has 0 radical (unpaired) electrons. The predicted octanol–water partition coefficient (Wildman–Crippen LogP) is 2.66. The molecular formula is C24H29N3O4. The zero-order chi connectivity index (χ0) is 22.0. The van der Waals surface area contributed by atoms with E-state index in [9.17, 15) is 14.4 Å². The number of fused-ring (bicyclic) bond motifs is 1. The van der Waals surface area contributed by atoms with Gasteiger partial charge in [0.05, 0.1) is 13.2 Å². The maximum Gasteiger partial charge on any atom is 0.261 e. The van der Waals surface area contributed by atoms with E-state index in [1.54, 1.807) is 0 Å². The molecule has 164 valence electrons. The smallest absolute Gasteiger partial charge is 0.261 e. The third kappa shape index (κ3) is 5.11. The number of benzene rings is 1. The molecular weight excluding hydrogens is 394 g/mol. The molecule has 0 atom stereocenters. The van der Waals surface area contributed by atoms with Crippen LogP contribution in [0.3, 0.4) is 0 Å². The number of pyridine rings is 1. The zero-order valence-corrected chi connectivity index (χ0v) is 18.1. The quantitative estimate of drug-likeness (QED) is 0.772. The van der Waals surface area contributed by atoms with E-state index in [-0.39, 0.29) is 16.8 Å². The molecule has 4 rings (SSSR count). The van der Waals surface area contributed by atoms with Crippen LogP contribution in [-0.4, -0.2) is 54.4 Å². The van der Waals surface area contributed by atoms with Crippen molar-refractivity contribution in [2.75, 3.05) is 38.2 Å². The van der Waals surface area contributed by atoms with Gasteiger partial charge in [0.2, 0.25) is 0 Å². The predicted molar refractivity (Wildman–Crippen MR) is 119 cm³/mol. The molecule has 1 aromatic heterocycles. The maximum absolute atomic E-state index is 12.7. The van der Waals surface area contributed by atoms with Crippen LogP contribution in [0.5, 0.6) is 0 Å². The number of carbonyl (C=O) groups is 2. The molecule has 1 amide bonds. The molecule has 7 nitrogen and oxygen atoms in total. The lowest BCUT2D eigenvalue weighted by atomic mass is 9.75. The fourth-order valence-corrected chi connectivity index (χ4v) is 4.26. The van der Waals surface area contributed by atoms with E-state index in [0.29, 0.717) is 29.8 Å². The van der Waals surface area contributed by atoms with E-state index in [0.717, 1.165) is 39.3 Å². The number of H-pyrrole nitrogens is 1. The van der Waals surface area contributed by atoms with Crippen molar-refractivity contribution in [2.24, 2.45) is 5.41 Å². The maximum atomic E-state index is 12.7. The number of carbonyl (C=O) groups excluding carboxylic acids is 2. The summed E-state index contributed by atoms with van der Waals surface area (Å²) in [5.74, 6) is -0.552. The summed E-state index contributed by atoms with van der Waals surface area (Å²) in [4.78, 5) is 42.8. The van der Waals surface area contributed by atoms with Gasteiger partial charge in [-0.3, -0.25) is 19.3 Å². The van der Waals surface area contributed by atoms with Gasteiger partial charge in [0.25, 0.3) is 11.5 Å². The van der Waals surface area contributed by atoms with Crippen LogP contribution in [-0.2, 0) is 17.6 Å². The topological polar surface area (TPSA) is 91.5 Å². The van der Waals surface area contributed by atoms with Gasteiger partial charge < -0.3 is 15.0 Å². The Kier molecular flexibility index (Phi) is 6.07. The molecule has 1 aliphatic carbocycles. The minimum atomic E-state index is -0.511. The third-order valence-corrected chi connectivity index (χ3v) is 5.99. The van der Waals surface area contributed by atoms with Crippen LogP contribution in [0.1, 0.15) is 52.2 Å². The van der Waals surface area contributed by atoms with Gasteiger partial charge in [-0.05, 0) is 42.0 Å². The number of morpholine rings is 1. The first-order valence-corrected chi connectivity index (χ1v) is 10.8. The van der Waals surface area contributed by atoms with Crippen molar-refractivity contribution in [1.82, 2.24) is 9.88 Å². The van der Waals surface area contributed by atoms with Crippen LogP contribution >= 0.6 is 0 Å². The lowest BCUT2D eigenvalue weighted by Gasteiger charge is -2.29. The minimum absolute atomic E-state index is 0.0387. The first-order valence-electron chi connectivity index (χ1n) is 10.8. The third-order valence-electron chi connectivity index (χ3n) is 5.99. The van der Waals surface area contributed by atoms with Crippen molar-refractivity contribution in [3.63, 3.8) is 0 Å². The van der Waals surface area contributed by atoms with E-state index in [4.69, 9.17) is 4.74 Å². The number of hydrogen-bond donors (Lipinski definition) is 2. The van der Waals surface area contributed by atoms with Crippen molar-refractivity contribution in [3.05, 3.63) is 63.1 Å². The monoisotopic (exact) mass is 423 g/mol. The average Bonchev–Trinajstić information content (AvgIpc) is 2.72. The number of nitrogens with zero attached hydrogens (tertiary/aromatic N) is 1. The standard InChI is InChI=1S/C24H29N3O4/c1-24(2)14-20-18(21(28)15-24)13-19(23(30)26-20)22(29)25-17-5-3-16(4-6-17)7-8-27-9-11-31-12-10-27/h3-6,13H,7-12,14-15H2,1-2H3,(H,25,29)(H,26,30). The summed E-state index contributed by atoms with van der Waals surface area (Å²) in [5.41, 5.74) is 2.16.